The molecule has 5 nitrogen and oxygen atoms in total. The molecule has 0 saturated carbocycles. The van der Waals surface area contributed by atoms with E-state index >= 15 is 0 Å². The third-order valence-electron chi connectivity index (χ3n) is 2.66. The average Bonchev–Trinajstić information content (AvgIpc) is 2.45. The molecule has 0 aromatic heterocycles. The number of alkyl carbamates (subject to hydrolysis) is 1. The maximum atomic E-state index is 11.1. The van der Waals surface area contributed by atoms with Gasteiger partial charge in [-0.2, -0.15) is 0 Å². The number of para-hydroxylation sites is 2. The van der Waals surface area contributed by atoms with Crippen LogP contribution in [0.5, 0.6) is 11.5 Å². The van der Waals surface area contributed by atoms with Crippen LogP contribution in [-0.4, -0.2) is 32.0 Å². The average molecular weight is 281 g/mol. The molecule has 1 rings (SSSR count). The van der Waals surface area contributed by atoms with Crippen LogP contribution < -0.4 is 14.8 Å². The summed E-state index contributed by atoms with van der Waals surface area (Å²) in [6.45, 7) is 6.95. The second-order valence-corrected chi connectivity index (χ2v) is 4.28. The molecule has 0 aliphatic rings. The molecule has 0 saturated heterocycles. The molecule has 0 spiro atoms. The zero-order valence-electron chi connectivity index (χ0n) is 12.3. The van der Waals surface area contributed by atoms with Gasteiger partial charge in [0.1, 0.15) is 6.61 Å². The van der Waals surface area contributed by atoms with Gasteiger partial charge in [0.2, 0.25) is 0 Å². The summed E-state index contributed by atoms with van der Waals surface area (Å²) in [5, 5.41) is 2.60. The van der Waals surface area contributed by atoms with Crippen molar-refractivity contribution in [2.24, 2.45) is 0 Å². The minimum atomic E-state index is -0.430. The van der Waals surface area contributed by atoms with Crippen LogP contribution in [-0.2, 0) is 4.74 Å². The molecule has 0 radical (unpaired) electrons. The van der Waals surface area contributed by atoms with Gasteiger partial charge < -0.3 is 19.5 Å². The van der Waals surface area contributed by atoms with Crippen LogP contribution in [0.4, 0.5) is 4.79 Å². The molecule has 112 valence electrons. The number of carbonyl (C=O) groups excluding carboxylic acids is 1. The normalized spacial score (nSPS) is 11.6. The fraction of sp³-hybridized carbons (Fsp3) is 0.533. The molecule has 0 fully saturated rings. The van der Waals surface area contributed by atoms with Crippen LogP contribution in [0.2, 0.25) is 0 Å². The minimum Gasteiger partial charge on any atom is -0.488 e. The van der Waals surface area contributed by atoms with Crippen LogP contribution in [0.25, 0.3) is 0 Å². The van der Waals surface area contributed by atoms with Crippen LogP contribution in [0.3, 0.4) is 0 Å². The highest BCUT2D eigenvalue weighted by molar-refractivity contribution is 5.66. The van der Waals surface area contributed by atoms with Crippen LogP contribution >= 0.6 is 0 Å². The second kappa shape index (κ2) is 9.07. The molecule has 0 heterocycles. The monoisotopic (exact) mass is 281 g/mol. The Morgan fingerprint density at radius 2 is 1.95 bits per heavy atom. The standard InChI is InChI=1S/C15H23NO4/c1-4-12(3)20-14-9-7-6-8-13(14)19-11-10-16-15(17)18-5-2/h6-9,12H,4-5,10-11H2,1-3H3,(H,16,17). The predicted molar refractivity (Wildman–Crippen MR) is 77.3 cm³/mol. The minimum absolute atomic E-state index is 0.136. The Morgan fingerprint density at radius 1 is 1.25 bits per heavy atom. The molecule has 1 aromatic carbocycles. The lowest BCUT2D eigenvalue weighted by molar-refractivity contribution is 0.149. The summed E-state index contributed by atoms with van der Waals surface area (Å²) in [6.07, 6.45) is 0.635. The highest BCUT2D eigenvalue weighted by Crippen LogP contribution is 2.27. The summed E-state index contributed by atoms with van der Waals surface area (Å²) < 4.78 is 16.1. The summed E-state index contributed by atoms with van der Waals surface area (Å²) in [5.41, 5.74) is 0. The van der Waals surface area contributed by atoms with E-state index in [1.54, 1.807) is 6.92 Å². The lowest BCUT2D eigenvalue weighted by Gasteiger charge is -2.16. The van der Waals surface area contributed by atoms with Gasteiger partial charge in [0, 0.05) is 0 Å². The van der Waals surface area contributed by atoms with Crippen molar-refractivity contribution in [1.29, 1.82) is 0 Å². The summed E-state index contributed by atoms with van der Waals surface area (Å²) in [5.74, 6) is 1.40. The van der Waals surface area contributed by atoms with Gasteiger partial charge in [-0.05, 0) is 32.4 Å². The first kappa shape index (κ1) is 16.1. The number of hydrogen-bond acceptors (Lipinski definition) is 4. The highest BCUT2D eigenvalue weighted by atomic mass is 16.5. The quantitative estimate of drug-likeness (QED) is 0.744. The van der Waals surface area contributed by atoms with E-state index in [2.05, 4.69) is 12.2 Å². The third-order valence-corrected chi connectivity index (χ3v) is 2.66. The molecular weight excluding hydrogens is 258 g/mol. The Balaban J connectivity index is 2.41. The number of amides is 1. The first-order chi connectivity index (χ1) is 9.67. The van der Waals surface area contributed by atoms with Crippen molar-refractivity contribution in [2.45, 2.75) is 33.3 Å². The van der Waals surface area contributed by atoms with Crippen molar-refractivity contribution in [3.8, 4) is 11.5 Å². The van der Waals surface area contributed by atoms with Gasteiger partial charge in [-0.1, -0.05) is 19.1 Å². The van der Waals surface area contributed by atoms with Gasteiger partial charge in [0.15, 0.2) is 11.5 Å². The lowest BCUT2D eigenvalue weighted by atomic mass is 10.3. The number of carbonyl (C=O) groups is 1. The molecule has 1 aromatic rings. The van der Waals surface area contributed by atoms with Crippen LogP contribution in [0.1, 0.15) is 27.2 Å². The number of hydrogen-bond donors (Lipinski definition) is 1. The van der Waals surface area contributed by atoms with Crippen molar-refractivity contribution in [3.05, 3.63) is 24.3 Å². The molecule has 1 amide bonds. The van der Waals surface area contributed by atoms with E-state index in [0.717, 1.165) is 12.2 Å². The molecule has 5 heteroatoms. The number of nitrogens with one attached hydrogen (secondary N) is 1. The fourth-order valence-electron chi connectivity index (χ4n) is 1.46. The van der Waals surface area contributed by atoms with Crippen molar-refractivity contribution >= 4 is 6.09 Å². The topological polar surface area (TPSA) is 56.8 Å². The maximum absolute atomic E-state index is 11.1. The largest absolute Gasteiger partial charge is 0.488 e. The van der Waals surface area contributed by atoms with Gasteiger partial charge >= 0.3 is 6.09 Å². The number of ether oxygens (including phenoxy) is 3. The van der Waals surface area contributed by atoms with Gasteiger partial charge in [0.05, 0.1) is 19.3 Å². The Labute approximate surface area is 120 Å². The summed E-state index contributed by atoms with van der Waals surface area (Å²) >= 11 is 0. The first-order valence-electron chi connectivity index (χ1n) is 6.96. The van der Waals surface area contributed by atoms with Gasteiger partial charge in [0.25, 0.3) is 0 Å². The number of benzene rings is 1. The van der Waals surface area contributed by atoms with Crippen molar-refractivity contribution in [1.82, 2.24) is 5.32 Å². The molecule has 0 bridgehead atoms. The van der Waals surface area contributed by atoms with Crippen molar-refractivity contribution in [2.75, 3.05) is 19.8 Å². The van der Waals surface area contributed by atoms with E-state index in [4.69, 9.17) is 14.2 Å². The molecule has 0 aliphatic carbocycles. The summed E-state index contributed by atoms with van der Waals surface area (Å²) in [7, 11) is 0. The molecule has 0 aliphatic heterocycles. The Bertz CT molecular complexity index is 409. The Kier molecular flexibility index (Phi) is 7.32. The van der Waals surface area contributed by atoms with E-state index in [0.29, 0.717) is 25.5 Å². The Hall–Kier alpha value is -1.91. The van der Waals surface area contributed by atoms with Gasteiger partial charge in [-0.3, -0.25) is 0 Å². The molecule has 1 N–H and O–H groups in total. The van der Waals surface area contributed by atoms with E-state index in [9.17, 15) is 4.79 Å². The summed E-state index contributed by atoms with van der Waals surface area (Å²) in [6, 6.07) is 7.52. The molecular formula is C15H23NO4. The smallest absolute Gasteiger partial charge is 0.407 e. The maximum Gasteiger partial charge on any atom is 0.407 e. The zero-order valence-corrected chi connectivity index (χ0v) is 12.3. The first-order valence-corrected chi connectivity index (χ1v) is 6.96. The fourth-order valence-corrected chi connectivity index (χ4v) is 1.46. The van der Waals surface area contributed by atoms with Crippen molar-refractivity contribution < 1.29 is 19.0 Å². The van der Waals surface area contributed by atoms with E-state index in [1.165, 1.54) is 0 Å². The van der Waals surface area contributed by atoms with Crippen molar-refractivity contribution in [3.63, 3.8) is 0 Å². The van der Waals surface area contributed by atoms with Crippen LogP contribution in [0, 0.1) is 0 Å². The molecule has 20 heavy (non-hydrogen) atoms. The Morgan fingerprint density at radius 3 is 2.60 bits per heavy atom. The predicted octanol–water partition coefficient (Wildman–Crippen LogP) is 2.99. The van der Waals surface area contributed by atoms with E-state index in [1.807, 2.05) is 31.2 Å². The summed E-state index contributed by atoms with van der Waals surface area (Å²) in [4.78, 5) is 11.1. The second-order valence-electron chi connectivity index (χ2n) is 4.28. The van der Waals surface area contributed by atoms with E-state index in [-0.39, 0.29) is 6.10 Å². The van der Waals surface area contributed by atoms with Gasteiger partial charge in [-0.15, -0.1) is 0 Å². The SMILES string of the molecule is CCOC(=O)NCCOc1ccccc1OC(C)CC. The highest BCUT2D eigenvalue weighted by Gasteiger charge is 2.07. The zero-order chi connectivity index (χ0) is 14.8. The van der Waals surface area contributed by atoms with Crippen LogP contribution in [0.15, 0.2) is 24.3 Å². The third kappa shape index (κ3) is 5.82. The lowest BCUT2D eigenvalue weighted by Crippen LogP contribution is -2.28. The molecule has 1 atom stereocenters. The number of rotatable bonds is 8. The molecule has 1 unspecified atom stereocenters. The van der Waals surface area contributed by atoms with E-state index < -0.39 is 6.09 Å². The van der Waals surface area contributed by atoms with Gasteiger partial charge in [-0.25, -0.2) is 4.79 Å².